The summed E-state index contributed by atoms with van der Waals surface area (Å²) in [7, 11) is 1.14. The monoisotopic (exact) mass is 156 g/mol. The lowest BCUT2D eigenvalue weighted by atomic mass is 11.0. The van der Waals surface area contributed by atoms with Crippen LogP contribution < -0.4 is 0 Å². The Kier molecular flexibility index (Phi) is 16.5. The second-order valence-electron chi connectivity index (χ2n) is 0.707. The zero-order chi connectivity index (χ0) is 3.41. The zero-order valence-electron chi connectivity index (χ0n) is 3.62. The van der Waals surface area contributed by atoms with Crippen molar-refractivity contribution in [1.82, 2.24) is 0 Å². The molecule has 0 aromatic heterocycles. The van der Waals surface area contributed by atoms with E-state index < -0.39 is 0 Å². The molecule has 1 atom stereocenters. The molecule has 0 fully saturated rings. The minimum atomic E-state index is 0. The lowest BCUT2D eigenvalue weighted by Gasteiger charge is -1.69. The molecule has 0 aromatic rings. The fourth-order valence-electron chi connectivity index (χ4n) is 0. The minimum absolute atomic E-state index is 0. The molecule has 0 aliphatic heterocycles. The van der Waals surface area contributed by atoms with Crippen LogP contribution >= 0.6 is 25.6 Å². The van der Waals surface area contributed by atoms with Gasteiger partial charge in [0.2, 0.25) is 0 Å². The first-order valence-corrected chi connectivity index (χ1v) is 3.27. The van der Waals surface area contributed by atoms with Crippen molar-refractivity contribution in [2.24, 2.45) is 0 Å². The van der Waals surface area contributed by atoms with Crippen molar-refractivity contribution in [3.63, 3.8) is 0 Å². The van der Waals surface area contributed by atoms with Gasteiger partial charge in [-0.3, -0.25) is 0 Å². The Hall–Kier alpha value is 0.910. The van der Waals surface area contributed by atoms with Gasteiger partial charge in [-0.05, 0) is 12.8 Å². The van der Waals surface area contributed by atoms with Crippen LogP contribution in [0.15, 0.2) is 0 Å². The topological polar surface area (TPSA) is 0 Å². The average molecular weight is 157 g/mol. The lowest BCUT2D eigenvalue weighted by molar-refractivity contribution is 1.52. The van der Waals surface area contributed by atoms with Gasteiger partial charge in [-0.15, -0.1) is 25.6 Å². The van der Waals surface area contributed by atoms with Crippen LogP contribution in [0.4, 0.5) is 0 Å². The van der Waals surface area contributed by atoms with Crippen LogP contribution in [-0.2, 0) is 0 Å². The number of rotatable bonds is 1. The summed E-state index contributed by atoms with van der Waals surface area (Å²) in [4.78, 5) is 0. The molecule has 0 aromatic carbocycles. The zero-order valence-corrected chi connectivity index (χ0v) is 6.33. The van der Waals surface area contributed by atoms with Gasteiger partial charge in [-0.1, -0.05) is 6.92 Å². The Labute approximate surface area is 45.9 Å². The van der Waals surface area contributed by atoms with Crippen molar-refractivity contribution in [3.05, 3.63) is 0 Å². The summed E-state index contributed by atoms with van der Waals surface area (Å²) >= 11 is 0. The van der Waals surface area contributed by atoms with Crippen LogP contribution in [0.5, 0.6) is 0 Å². The van der Waals surface area contributed by atoms with Crippen LogP contribution in [0.25, 0.3) is 0 Å². The highest BCUT2D eigenvalue weighted by Gasteiger charge is 1.55. The van der Waals surface area contributed by atoms with Crippen LogP contribution in [0.3, 0.4) is 0 Å². The van der Waals surface area contributed by atoms with Crippen molar-refractivity contribution in [1.29, 1.82) is 0 Å². The predicted octanol–water partition coefficient (Wildman–Crippen LogP) is 1.89. The number of halogens is 1. The Morgan fingerprint density at radius 3 is 1.80 bits per heavy atom. The fourth-order valence-corrected chi connectivity index (χ4v) is 0. The molecule has 0 saturated heterocycles. The molecule has 0 nitrogen and oxygen atoms in total. The van der Waals surface area contributed by atoms with E-state index in [2.05, 4.69) is 13.6 Å². The largest absolute Gasteiger partial charge is 0.126 e. The summed E-state index contributed by atoms with van der Waals surface area (Å²) in [6.45, 7) is 4.40. The molecule has 0 spiro atoms. The molecule has 0 aliphatic carbocycles. The first kappa shape index (κ1) is 9.32. The number of hydrogen-bond acceptors (Lipinski definition) is 0. The maximum absolute atomic E-state index is 2.21. The standard InChI is InChI=1S/C3H9P.BrH/c1-3-4-2;/h4H,3H2,1-2H3;1H. The molecule has 0 N–H and O–H groups in total. The third kappa shape index (κ3) is 11.4. The van der Waals surface area contributed by atoms with E-state index in [1.54, 1.807) is 0 Å². The molecular formula is C3H10BrP. The highest BCUT2D eigenvalue weighted by atomic mass is 79.9. The molecule has 0 amide bonds. The van der Waals surface area contributed by atoms with Crippen LogP contribution in [0, 0.1) is 0 Å². The number of hydrogen-bond donors (Lipinski definition) is 0. The van der Waals surface area contributed by atoms with E-state index in [0.717, 1.165) is 8.58 Å². The summed E-state index contributed by atoms with van der Waals surface area (Å²) in [5, 5.41) is 0. The maximum atomic E-state index is 2.21. The van der Waals surface area contributed by atoms with Crippen LogP contribution in [-0.4, -0.2) is 12.8 Å². The molecule has 0 radical (unpaired) electrons. The lowest BCUT2D eigenvalue weighted by Crippen LogP contribution is -1.47. The second kappa shape index (κ2) is 8.86. The predicted molar refractivity (Wildman–Crippen MR) is 35.1 cm³/mol. The van der Waals surface area contributed by atoms with Gasteiger partial charge in [0, 0.05) is 0 Å². The molecule has 0 aliphatic rings. The van der Waals surface area contributed by atoms with Gasteiger partial charge in [0.1, 0.15) is 0 Å². The van der Waals surface area contributed by atoms with E-state index >= 15 is 0 Å². The second-order valence-corrected chi connectivity index (χ2v) is 2.12. The molecular weight excluding hydrogens is 147 g/mol. The Morgan fingerprint density at radius 2 is 1.80 bits per heavy atom. The Morgan fingerprint density at radius 1 is 1.60 bits per heavy atom. The minimum Gasteiger partial charge on any atom is -0.126 e. The van der Waals surface area contributed by atoms with Crippen LogP contribution in [0.2, 0.25) is 0 Å². The molecule has 0 rings (SSSR count). The molecule has 5 heavy (non-hydrogen) atoms. The summed E-state index contributed by atoms with van der Waals surface area (Å²) in [5.74, 6) is 0. The van der Waals surface area contributed by atoms with Gasteiger partial charge in [-0.25, -0.2) is 0 Å². The molecule has 0 bridgehead atoms. The van der Waals surface area contributed by atoms with Crippen LogP contribution in [0.1, 0.15) is 6.92 Å². The first-order valence-electron chi connectivity index (χ1n) is 1.56. The van der Waals surface area contributed by atoms with Gasteiger partial charge >= 0.3 is 0 Å². The maximum Gasteiger partial charge on any atom is -0.0385 e. The van der Waals surface area contributed by atoms with E-state index in [9.17, 15) is 0 Å². The third-order valence-electron chi connectivity index (χ3n) is 0.354. The molecule has 34 valence electrons. The normalized spacial score (nSPS) is 8.40. The quantitative estimate of drug-likeness (QED) is 0.510. The van der Waals surface area contributed by atoms with Gasteiger partial charge in [0.15, 0.2) is 0 Å². The van der Waals surface area contributed by atoms with Crippen molar-refractivity contribution in [3.8, 4) is 0 Å². The van der Waals surface area contributed by atoms with Gasteiger partial charge in [-0.2, -0.15) is 0 Å². The smallest absolute Gasteiger partial charge is 0.0385 e. The third-order valence-corrected chi connectivity index (χ3v) is 1.06. The molecule has 0 saturated carbocycles. The van der Waals surface area contributed by atoms with Crippen molar-refractivity contribution < 1.29 is 0 Å². The Bertz CT molecular complexity index is 8.85. The van der Waals surface area contributed by atoms with Gasteiger partial charge in [0.05, 0.1) is 0 Å². The average Bonchev–Trinajstić information content (AvgIpc) is 1.37. The summed E-state index contributed by atoms with van der Waals surface area (Å²) in [6, 6.07) is 0. The van der Waals surface area contributed by atoms with Gasteiger partial charge < -0.3 is 0 Å². The van der Waals surface area contributed by atoms with E-state index in [4.69, 9.17) is 0 Å². The Balaban J connectivity index is 0. The highest BCUT2D eigenvalue weighted by molar-refractivity contribution is 8.93. The summed E-state index contributed by atoms with van der Waals surface area (Å²) in [6.07, 6.45) is 1.35. The highest BCUT2D eigenvalue weighted by Crippen LogP contribution is 1.95. The van der Waals surface area contributed by atoms with Crippen molar-refractivity contribution in [2.45, 2.75) is 6.92 Å². The van der Waals surface area contributed by atoms with E-state index in [-0.39, 0.29) is 17.0 Å². The summed E-state index contributed by atoms with van der Waals surface area (Å²) in [5.41, 5.74) is 0. The van der Waals surface area contributed by atoms with Gasteiger partial charge in [0.25, 0.3) is 0 Å². The van der Waals surface area contributed by atoms with Crippen molar-refractivity contribution in [2.75, 3.05) is 12.8 Å². The van der Waals surface area contributed by atoms with E-state index in [1.165, 1.54) is 6.16 Å². The molecule has 0 heterocycles. The van der Waals surface area contributed by atoms with E-state index in [0.29, 0.717) is 0 Å². The first-order chi connectivity index (χ1) is 1.91. The molecule has 2 heteroatoms. The molecule has 1 unspecified atom stereocenters. The summed E-state index contributed by atoms with van der Waals surface area (Å²) < 4.78 is 0. The fraction of sp³-hybridized carbons (Fsp3) is 1.00. The van der Waals surface area contributed by atoms with E-state index in [1.807, 2.05) is 0 Å². The van der Waals surface area contributed by atoms with Crippen molar-refractivity contribution >= 4 is 25.6 Å². The SMILES string of the molecule is Br.CCPC.